The lowest BCUT2D eigenvalue weighted by atomic mass is 9.85. The molecule has 0 bridgehead atoms. The summed E-state index contributed by atoms with van der Waals surface area (Å²) in [6, 6.07) is 7.47. The molecule has 152 valence electrons. The van der Waals surface area contributed by atoms with Crippen molar-refractivity contribution >= 4 is 23.5 Å². The first-order valence-corrected chi connectivity index (χ1v) is 9.74. The molecule has 2 aliphatic rings. The maximum absolute atomic E-state index is 12.1. The number of nitrogens with zero attached hydrogens (tertiary/aromatic N) is 2. The molecule has 1 saturated heterocycles. The number of carboxylic acid groups (broad SMARTS) is 1. The Morgan fingerprint density at radius 2 is 2.14 bits per heavy atom. The molecule has 1 aromatic rings. The second-order valence-electron chi connectivity index (χ2n) is 7.28. The average Bonchev–Trinajstić information content (AvgIpc) is 3.07. The number of nitrogens with one attached hydrogen (secondary N) is 1. The van der Waals surface area contributed by atoms with Gasteiger partial charge in [0, 0.05) is 36.8 Å². The van der Waals surface area contributed by atoms with Crippen LogP contribution in [0.5, 0.6) is 5.75 Å². The highest BCUT2D eigenvalue weighted by molar-refractivity contribution is 5.95. The number of ether oxygens (including phenoxy) is 1. The third kappa shape index (κ3) is 5.01. The predicted octanol–water partition coefficient (Wildman–Crippen LogP) is 1.25. The molecule has 1 aromatic carbocycles. The van der Waals surface area contributed by atoms with Crippen molar-refractivity contribution < 1.29 is 24.2 Å². The molecule has 0 atom stereocenters. The predicted molar refractivity (Wildman–Crippen MR) is 103 cm³/mol. The molecule has 0 radical (unpaired) electrons. The largest absolute Gasteiger partial charge is 0.484 e. The molecule has 8 nitrogen and oxygen atoms in total. The van der Waals surface area contributed by atoms with E-state index < -0.39 is 5.97 Å². The van der Waals surface area contributed by atoms with Gasteiger partial charge in [-0.3, -0.25) is 19.3 Å². The van der Waals surface area contributed by atoms with Crippen LogP contribution >= 0.6 is 0 Å². The van der Waals surface area contributed by atoms with Crippen LogP contribution in [0.25, 0.3) is 0 Å². The maximum Gasteiger partial charge on any atom is 0.317 e. The van der Waals surface area contributed by atoms with Gasteiger partial charge in [0.2, 0.25) is 5.91 Å². The molecule has 0 spiro atoms. The number of hydrogen-bond donors (Lipinski definition) is 2. The summed E-state index contributed by atoms with van der Waals surface area (Å²) in [6.45, 7) is 3.26. The molecule has 1 aliphatic heterocycles. The van der Waals surface area contributed by atoms with Gasteiger partial charge in [0.25, 0.3) is 5.91 Å². The van der Waals surface area contributed by atoms with Crippen molar-refractivity contribution in [2.75, 3.05) is 31.1 Å². The van der Waals surface area contributed by atoms with E-state index in [9.17, 15) is 14.4 Å². The summed E-state index contributed by atoms with van der Waals surface area (Å²) < 4.78 is 5.58. The fourth-order valence-electron chi connectivity index (χ4n) is 3.76. The van der Waals surface area contributed by atoms with E-state index in [4.69, 9.17) is 9.84 Å². The normalized spacial score (nSPS) is 21.5. The monoisotopic (exact) mass is 389 g/mol. The molecule has 2 amide bonds. The van der Waals surface area contributed by atoms with E-state index >= 15 is 0 Å². The Labute approximate surface area is 164 Å². The van der Waals surface area contributed by atoms with E-state index in [2.05, 4.69) is 5.32 Å². The summed E-state index contributed by atoms with van der Waals surface area (Å²) in [6.07, 6.45) is 2.92. The standard InChI is InChI=1S/C20H27N3O5/c1-2-22(12-20(26)27)16-9-14(10-16)21-18(24)13-28-17-6-3-5-15(11-17)23-8-4-7-19(23)25/h3,5-6,11,14,16H,2,4,7-10,12-13H2,1H3,(H,21,24)(H,26,27). The summed E-state index contributed by atoms with van der Waals surface area (Å²) in [5.74, 6) is -0.371. The van der Waals surface area contributed by atoms with E-state index in [0.717, 1.165) is 24.9 Å². The summed E-state index contributed by atoms with van der Waals surface area (Å²) >= 11 is 0. The van der Waals surface area contributed by atoms with Gasteiger partial charge in [-0.05, 0) is 37.9 Å². The van der Waals surface area contributed by atoms with Crippen molar-refractivity contribution in [1.29, 1.82) is 0 Å². The maximum atomic E-state index is 12.1. The molecule has 1 aliphatic carbocycles. The lowest BCUT2D eigenvalue weighted by Crippen LogP contribution is -2.55. The molecule has 1 saturated carbocycles. The van der Waals surface area contributed by atoms with Crippen LogP contribution in [-0.2, 0) is 14.4 Å². The Balaban J connectivity index is 1.42. The van der Waals surface area contributed by atoms with Crippen molar-refractivity contribution in [3.63, 3.8) is 0 Å². The first-order chi connectivity index (χ1) is 13.5. The molecule has 8 heteroatoms. The van der Waals surface area contributed by atoms with E-state index in [1.165, 1.54) is 0 Å². The van der Waals surface area contributed by atoms with Gasteiger partial charge in [-0.2, -0.15) is 0 Å². The minimum Gasteiger partial charge on any atom is -0.484 e. The molecule has 28 heavy (non-hydrogen) atoms. The summed E-state index contributed by atoms with van der Waals surface area (Å²) in [5.41, 5.74) is 0.792. The quantitative estimate of drug-likeness (QED) is 0.659. The average molecular weight is 389 g/mol. The Morgan fingerprint density at radius 1 is 1.36 bits per heavy atom. The minimum atomic E-state index is -0.833. The highest BCUT2D eigenvalue weighted by Gasteiger charge is 2.34. The van der Waals surface area contributed by atoms with Gasteiger partial charge in [0.15, 0.2) is 6.61 Å². The molecule has 3 rings (SSSR count). The van der Waals surface area contributed by atoms with Gasteiger partial charge in [-0.25, -0.2) is 0 Å². The smallest absolute Gasteiger partial charge is 0.317 e. The van der Waals surface area contributed by atoms with Crippen molar-refractivity contribution in [3.05, 3.63) is 24.3 Å². The fraction of sp³-hybridized carbons (Fsp3) is 0.550. The summed E-state index contributed by atoms with van der Waals surface area (Å²) in [4.78, 5) is 38.5. The first-order valence-electron chi connectivity index (χ1n) is 9.74. The van der Waals surface area contributed by atoms with Gasteiger partial charge in [-0.15, -0.1) is 0 Å². The zero-order valence-electron chi connectivity index (χ0n) is 16.1. The van der Waals surface area contributed by atoms with Crippen LogP contribution in [0.15, 0.2) is 24.3 Å². The zero-order valence-corrected chi connectivity index (χ0v) is 16.1. The molecule has 2 N–H and O–H groups in total. The Hall–Kier alpha value is -2.61. The van der Waals surface area contributed by atoms with E-state index in [1.54, 1.807) is 17.0 Å². The number of carboxylic acids is 1. The van der Waals surface area contributed by atoms with Crippen molar-refractivity contribution in [1.82, 2.24) is 10.2 Å². The first kappa shape index (κ1) is 20.1. The third-order valence-corrected chi connectivity index (χ3v) is 5.31. The number of likely N-dealkylation sites (N-methyl/N-ethyl adjacent to an activating group) is 1. The Kier molecular flexibility index (Phi) is 6.51. The lowest BCUT2D eigenvalue weighted by Gasteiger charge is -2.42. The van der Waals surface area contributed by atoms with Crippen LogP contribution in [0.3, 0.4) is 0 Å². The van der Waals surface area contributed by atoms with Gasteiger partial charge >= 0.3 is 5.97 Å². The zero-order chi connectivity index (χ0) is 20.1. The fourth-order valence-corrected chi connectivity index (χ4v) is 3.76. The third-order valence-electron chi connectivity index (χ3n) is 5.31. The summed E-state index contributed by atoms with van der Waals surface area (Å²) in [7, 11) is 0. The van der Waals surface area contributed by atoms with Crippen LogP contribution in [-0.4, -0.2) is 66.1 Å². The number of carbonyl (C=O) groups excluding carboxylic acids is 2. The van der Waals surface area contributed by atoms with Gasteiger partial charge < -0.3 is 20.1 Å². The van der Waals surface area contributed by atoms with Crippen LogP contribution in [0, 0.1) is 0 Å². The number of rotatable bonds is 9. The second kappa shape index (κ2) is 9.05. The van der Waals surface area contributed by atoms with Gasteiger partial charge in [-0.1, -0.05) is 13.0 Å². The van der Waals surface area contributed by atoms with Crippen molar-refractivity contribution in [2.24, 2.45) is 0 Å². The van der Waals surface area contributed by atoms with Crippen LogP contribution in [0.4, 0.5) is 5.69 Å². The second-order valence-corrected chi connectivity index (χ2v) is 7.28. The highest BCUT2D eigenvalue weighted by atomic mass is 16.5. The summed E-state index contributed by atoms with van der Waals surface area (Å²) in [5, 5.41) is 11.8. The SMILES string of the molecule is CCN(CC(=O)O)C1CC(NC(=O)COc2cccc(N3CCCC3=O)c2)C1. The molecule has 1 heterocycles. The molecule has 0 unspecified atom stereocenters. The van der Waals surface area contributed by atoms with Crippen LogP contribution in [0.1, 0.15) is 32.6 Å². The molecular weight excluding hydrogens is 362 g/mol. The van der Waals surface area contributed by atoms with E-state index in [1.807, 2.05) is 24.0 Å². The van der Waals surface area contributed by atoms with E-state index in [-0.39, 0.29) is 37.0 Å². The van der Waals surface area contributed by atoms with Gasteiger partial charge in [0.05, 0.1) is 6.54 Å². The number of anilines is 1. The topological polar surface area (TPSA) is 99.2 Å². The van der Waals surface area contributed by atoms with E-state index in [0.29, 0.717) is 25.3 Å². The molecule has 2 fully saturated rings. The minimum absolute atomic E-state index is 0.0286. The number of amides is 2. The number of benzene rings is 1. The number of hydrogen-bond acceptors (Lipinski definition) is 5. The molecular formula is C20H27N3O5. The Morgan fingerprint density at radius 3 is 2.79 bits per heavy atom. The van der Waals surface area contributed by atoms with Crippen molar-refractivity contribution in [3.8, 4) is 5.75 Å². The van der Waals surface area contributed by atoms with Crippen molar-refractivity contribution in [2.45, 2.75) is 44.7 Å². The van der Waals surface area contributed by atoms with Gasteiger partial charge in [0.1, 0.15) is 5.75 Å². The van der Waals surface area contributed by atoms with Crippen LogP contribution in [0.2, 0.25) is 0 Å². The molecule has 0 aromatic heterocycles. The number of aliphatic carboxylic acids is 1. The lowest BCUT2D eigenvalue weighted by molar-refractivity contribution is -0.140. The highest BCUT2D eigenvalue weighted by Crippen LogP contribution is 2.26. The number of carbonyl (C=O) groups is 3. The van der Waals surface area contributed by atoms with Crippen LogP contribution < -0.4 is 15.0 Å². The Bertz CT molecular complexity index is 732.